The molecule has 0 unspecified atom stereocenters. The minimum absolute atomic E-state index is 0.597. The lowest BCUT2D eigenvalue weighted by Gasteiger charge is -1.72. The maximum absolute atomic E-state index is 4.90. The Labute approximate surface area is 41.1 Å². The second-order valence-corrected chi connectivity index (χ2v) is 0.577. The highest BCUT2D eigenvalue weighted by atomic mass is 14.6. The molecule has 4 N–H and O–H groups in total. The van der Waals surface area contributed by atoms with E-state index in [1.807, 2.05) is 15.5 Å². The highest BCUT2D eigenvalue weighted by Crippen LogP contribution is 1.24. The van der Waals surface area contributed by atoms with Gasteiger partial charge in [-0.15, -0.1) is 0 Å². The van der Waals surface area contributed by atoms with Crippen molar-refractivity contribution in [3.8, 4) is 0 Å². The molecule has 4 heteroatoms. The molecule has 0 atom stereocenters. The molecule has 0 aromatic carbocycles. The van der Waals surface area contributed by atoms with Crippen molar-refractivity contribution < 1.29 is 0 Å². The summed E-state index contributed by atoms with van der Waals surface area (Å²) in [5.74, 6) is 0. The smallest absolute Gasteiger partial charge is 0.0643 e. The van der Waals surface area contributed by atoms with Crippen molar-refractivity contribution >= 4 is 15.5 Å². The second-order valence-electron chi connectivity index (χ2n) is 0.577. The lowest BCUT2D eigenvalue weighted by molar-refractivity contribution is 0.976. The largest absolute Gasteiger partial charge is 0.329 e. The van der Waals surface area contributed by atoms with Gasteiger partial charge in [0, 0.05) is 13.1 Å². The van der Waals surface area contributed by atoms with Crippen LogP contribution in [0.25, 0.3) is 0 Å². The van der Waals surface area contributed by atoms with Crippen LogP contribution in [0.15, 0.2) is 0 Å². The Bertz CT molecular complexity index is 11.5. The van der Waals surface area contributed by atoms with E-state index in [0.29, 0.717) is 13.1 Å². The number of hydrogen-bond acceptors (Lipinski definition) is 2. The summed E-state index contributed by atoms with van der Waals surface area (Å²) in [6, 6.07) is 0. The summed E-state index contributed by atoms with van der Waals surface area (Å²) in [4.78, 5) is 0. The summed E-state index contributed by atoms with van der Waals surface area (Å²) in [5, 5.41) is 0. The van der Waals surface area contributed by atoms with Gasteiger partial charge in [-0.25, -0.2) is 0 Å². The van der Waals surface area contributed by atoms with Crippen molar-refractivity contribution in [3.05, 3.63) is 0 Å². The Kier molecular flexibility index (Phi) is 30.9. The van der Waals surface area contributed by atoms with Crippen LogP contribution < -0.4 is 11.5 Å². The maximum Gasteiger partial charge on any atom is 0.0643 e. The van der Waals surface area contributed by atoms with Crippen LogP contribution in [0.1, 0.15) is 0 Å². The van der Waals surface area contributed by atoms with Crippen molar-refractivity contribution in [2.24, 2.45) is 11.5 Å². The summed E-state index contributed by atoms with van der Waals surface area (Å²) in [5.41, 5.74) is 9.81. The molecule has 0 heterocycles. The first-order valence-corrected chi connectivity index (χ1v) is 2.32. The minimum atomic E-state index is 0.597. The first-order chi connectivity index (χ1) is 2.91. The van der Waals surface area contributed by atoms with Crippen molar-refractivity contribution in [2.45, 2.75) is 0 Å². The molecule has 36 valence electrons. The van der Waals surface area contributed by atoms with E-state index in [0.717, 1.165) is 0 Å². The van der Waals surface area contributed by atoms with Crippen LogP contribution >= 0.6 is 0 Å². The fourth-order valence-electron chi connectivity index (χ4n) is 0. The molecule has 0 bridgehead atoms. The predicted molar refractivity (Wildman–Crippen MR) is 35.2 cm³/mol. The third-order valence-electron chi connectivity index (χ3n) is 0.167. The average Bonchev–Trinajstić information content (AvgIpc) is 1.72. The number of nitrogens with two attached hydrogens (primary N) is 2. The van der Waals surface area contributed by atoms with Gasteiger partial charge in [-0.1, -0.05) is 0 Å². The molecule has 0 saturated heterocycles. The van der Waals surface area contributed by atoms with Crippen molar-refractivity contribution in [2.75, 3.05) is 13.1 Å². The Balaban J connectivity index is 0. The molecular formula is C2H12B2N2. The zero-order valence-electron chi connectivity index (χ0n) is 4.57. The van der Waals surface area contributed by atoms with Crippen LogP contribution in [0.2, 0.25) is 0 Å². The van der Waals surface area contributed by atoms with Crippen LogP contribution in [0.3, 0.4) is 0 Å². The summed E-state index contributed by atoms with van der Waals surface area (Å²) in [6.07, 6.45) is 0. The third-order valence-corrected chi connectivity index (χ3v) is 0.167. The van der Waals surface area contributed by atoms with Crippen LogP contribution in [-0.4, -0.2) is 28.6 Å². The van der Waals surface area contributed by atoms with Gasteiger partial charge in [0.25, 0.3) is 0 Å². The molecular weight excluding hydrogens is 73.7 g/mol. The molecule has 0 rings (SSSR count). The molecule has 0 amide bonds. The topological polar surface area (TPSA) is 52.0 Å². The fourth-order valence-corrected chi connectivity index (χ4v) is 0. The zero-order valence-corrected chi connectivity index (χ0v) is 4.57. The van der Waals surface area contributed by atoms with E-state index in [4.69, 9.17) is 11.5 Å². The van der Waals surface area contributed by atoms with Gasteiger partial charge in [0.1, 0.15) is 0 Å². The minimum Gasteiger partial charge on any atom is -0.329 e. The molecule has 0 fully saturated rings. The van der Waals surface area contributed by atoms with Crippen LogP contribution in [0, 0.1) is 0 Å². The number of rotatable bonds is 1. The van der Waals surface area contributed by atoms with Crippen LogP contribution in [0.4, 0.5) is 0 Å². The van der Waals surface area contributed by atoms with E-state index in [1.165, 1.54) is 0 Å². The van der Waals surface area contributed by atoms with Gasteiger partial charge in [0.2, 0.25) is 0 Å². The van der Waals surface area contributed by atoms with Gasteiger partial charge in [0.15, 0.2) is 0 Å². The number of hydrogen-bond donors (Lipinski definition) is 2. The lowest BCUT2D eigenvalue weighted by Crippen LogP contribution is -2.11. The van der Waals surface area contributed by atoms with E-state index >= 15 is 0 Å². The Hall–Kier alpha value is 0.0499. The van der Waals surface area contributed by atoms with E-state index in [9.17, 15) is 0 Å². The molecule has 0 saturated carbocycles. The predicted octanol–water partition coefficient (Wildman–Crippen LogP) is -2.93. The van der Waals surface area contributed by atoms with Crippen molar-refractivity contribution in [1.29, 1.82) is 0 Å². The van der Waals surface area contributed by atoms with Crippen LogP contribution in [0.5, 0.6) is 0 Å². The first-order valence-electron chi connectivity index (χ1n) is 2.32. The van der Waals surface area contributed by atoms with Crippen molar-refractivity contribution in [3.63, 3.8) is 0 Å². The monoisotopic (exact) mass is 86.1 g/mol. The van der Waals surface area contributed by atoms with Gasteiger partial charge in [-0.2, -0.15) is 0 Å². The van der Waals surface area contributed by atoms with E-state index in [-0.39, 0.29) is 0 Å². The Morgan fingerprint density at radius 1 is 1.00 bits per heavy atom. The molecule has 6 heavy (non-hydrogen) atoms. The summed E-state index contributed by atoms with van der Waals surface area (Å²) < 4.78 is 0. The lowest BCUT2D eigenvalue weighted by atomic mass is 9.81. The average molecular weight is 85.8 g/mol. The van der Waals surface area contributed by atoms with E-state index < -0.39 is 0 Å². The summed E-state index contributed by atoms with van der Waals surface area (Å²) in [7, 11) is 4.00. The normalized spacial score (nSPS) is 5.67. The van der Waals surface area contributed by atoms with Gasteiger partial charge >= 0.3 is 0 Å². The fraction of sp³-hybridized carbons (Fsp3) is 1.00. The highest BCUT2D eigenvalue weighted by molar-refractivity contribution is 6.75. The van der Waals surface area contributed by atoms with E-state index in [2.05, 4.69) is 0 Å². The van der Waals surface area contributed by atoms with E-state index in [1.54, 1.807) is 0 Å². The molecule has 0 aromatic heterocycles. The maximum atomic E-state index is 4.90. The molecule has 0 aromatic rings. The molecule has 0 radical (unpaired) electrons. The first kappa shape index (κ1) is 9.41. The van der Waals surface area contributed by atoms with Crippen molar-refractivity contribution in [1.82, 2.24) is 0 Å². The van der Waals surface area contributed by atoms with Gasteiger partial charge in [0.05, 0.1) is 15.5 Å². The Morgan fingerprint density at radius 2 is 1.17 bits per heavy atom. The summed E-state index contributed by atoms with van der Waals surface area (Å²) in [6.45, 7) is 1.19. The molecule has 0 aliphatic heterocycles. The van der Waals surface area contributed by atoms with Gasteiger partial charge in [-0.3, -0.25) is 0 Å². The SMILES string of the molecule is BB.NCCN. The quantitative estimate of drug-likeness (QED) is 0.335. The standard InChI is InChI=1S/C2H8N2.B2H4/c3-1-2-4;1-2/h1-4H2;1-2H2. The molecule has 2 nitrogen and oxygen atoms in total. The molecule has 0 spiro atoms. The zero-order chi connectivity index (χ0) is 5.41. The third kappa shape index (κ3) is 34.2. The highest BCUT2D eigenvalue weighted by Gasteiger charge is 1.54. The van der Waals surface area contributed by atoms with Crippen LogP contribution in [-0.2, 0) is 0 Å². The summed E-state index contributed by atoms with van der Waals surface area (Å²) >= 11 is 0. The van der Waals surface area contributed by atoms with Gasteiger partial charge in [-0.05, 0) is 0 Å². The molecule has 0 aliphatic rings. The molecule has 0 aliphatic carbocycles. The van der Waals surface area contributed by atoms with Gasteiger partial charge < -0.3 is 11.5 Å². The Morgan fingerprint density at radius 3 is 1.17 bits per heavy atom. The second kappa shape index (κ2) is 19.7.